The molecule has 104 valence electrons. The van der Waals surface area contributed by atoms with Gasteiger partial charge >= 0.3 is 0 Å². The Kier molecular flexibility index (Phi) is 11.0. The number of unbranched alkanes of at least 4 members (excludes halogenated alkanes) is 2. The zero-order valence-electron chi connectivity index (χ0n) is 12.5. The fraction of sp³-hybridized carbons (Fsp3) is 1.00. The quantitative estimate of drug-likeness (QED) is 0.496. The highest BCUT2D eigenvalue weighted by atomic mass is 16.3. The van der Waals surface area contributed by atoms with E-state index in [1.54, 1.807) is 0 Å². The van der Waals surface area contributed by atoms with E-state index in [2.05, 4.69) is 27.7 Å². The number of rotatable bonds is 11. The van der Waals surface area contributed by atoms with E-state index in [1.165, 1.54) is 44.9 Å². The maximum Gasteiger partial charge on any atom is 0.0565 e. The van der Waals surface area contributed by atoms with E-state index < -0.39 is 0 Å². The Morgan fingerprint density at radius 1 is 0.765 bits per heavy atom. The lowest BCUT2D eigenvalue weighted by molar-refractivity contribution is 0.1000. The highest BCUT2D eigenvalue weighted by molar-refractivity contribution is 4.65. The SMILES string of the molecule is CCCCCC(C)CCCC(C)C(O)CCC. The summed E-state index contributed by atoms with van der Waals surface area (Å²) in [6.45, 7) is 8.98. The number of aliphatic hydroxyl groups is 1. The van der Waals surface area contributed by atoms with Crippen LogP contribution in [0.3, 0.4) is 0 Å². The monoisotopic (exact) mass is 242 g/mol. The van der Waals surface area contributed by atoms with Crippen LogP contribution in [0.15, 0.2) is 0 Å². The molecule has 0 aromatic carbocycles. The van der Waals surface area contributed by atoms with Gasteiger partial charge in [-0.3, -0.25) is 0 Å². The van der Waals surface area contributed by atoms with Gasteiger partial charge in [-0.15, -0.1) is 0 Å². The summed E-state index contributed by atoms with van der Waals surface area (Å²) in [5, 5.41) is 9.86. The number of aliphatic hydroxyl groups excluding tert-OH is 1. The van der Waals surface area contributed by atoms with Crippen molar-refractivity contribution in [1.29, 1.82) is 0 Å². The van der Waals surface area contributed by atoms with Gasteiger partial charge in [0.05, 0.1) is 6.10 Å². The van der Waals surface area contributed by atoms with Gasteiger partial charge in [0.25, 0.3) is 0 Å². The molecule has 1 heteroatoms. The zero-order chi connectivity index (χ0) is 13.1. The largest absolute Gasteiger partial charge is 0.393 e. The lowest BCUT2D eigenvalue weighted by Gasteiger charge is -2.19. The van der Waals surface area contributed by atoms with Crippen molar-refractivity contribution in [3.05, 3.63) is 0 Å². The second-order valence-corrected chi connectivity index (χ2v) is 5.87. The summed E-state index contributed by atoms with van der Waals surface area (Å²) in [7, 11) is 0. The van der Waals surface area contributed by atoms with E-state index in [0.717, 1.165) is 18.8 Å². The average Bonchev–Trinajstić information content (AvgIpc) is 2.29. The molecule has 3 unspecified atom stereocenters. The molecule has 0 aliphatic rings. The molecule has 0 rings (SSSR count). The molecule has 0 aromatic rings. The molecule has 0 heterocycles. The minimum Gasteiger partial charge on any atom is -0.393 e. The summed E-state index contributed by atoms with van der Waals surface area (Å²) >= 11 is 0. The Labute approximate surface area is 109 Å². The van der Waals surface area contributed by atoms with Crippen LogP contribution in [0.1, 0.15) is 85.5 Å². The first-order valence-electron chi connectivity index (χ1n) is 7.79. The first-order chi connectivity index (χ1) is 8.11. The van der Waals surface area contributed by atoms with Crippen LogP contribution in [0.4, 0.5) is 0 Å². The van der Waals surface area contributed by atoms with Gasteiger partial charge in [0.2, 0.25) is 0 Å². The van der Waals surface area contributed by atoms with Crippen LogP contribution in [0.5, 0.6) is 0 Å². The highest BCUT2D eigenvalue weighted by Gasteiger charge is 2.13. The smallest absolute Gasteiger partial charge is 0.0565 e. The van der Waals surface area contributed by atoms with Gasteiger partial charge in [-0.2, -0.15) is 0 Å². The first-order valence-corrected chi connectivity index (χ1v) is 7.79. The van der Waals surface area contributed by atoms with E-state index in [0.29, 0.717) is 5.92 Å². The molecule has 3 atom stereocenters. The molecular weight excluding hydrogens is 208 g/mol. The molecule has 0 bridgehead atoms. The van der Waals surface area contributed by atoms with Crippen LogP contribution in [-0.4, -0.2) is 11.2 Å². The van der Waals surface area contributed by atoms with Crippen molar-refractivity contribution in [2.75, 3.05) is 0 Å². The minimum atomic E-state index is -0.0737. The van der Waals surface area contributed by atoms with Gasteiger partial charge in [-0.1, -0.05) is 72.6 Å². The van der Waals surface area contributed by atoms with Gasteiger partial charge in [-0.05, 0) is 24.7 Å². The normalized spacial score (nSPS) is 16.8. The van der Waals surface area contributed by atoms with Crippen LogP contribution < -0.4 is 0 Å². The molecule has 0 aliphatic carbocycles. The van der Waals surface area contributed by atoms with Gasteiger partial charge in [0.1, 0.15) is 0 Å². The molecule has 0 amide bonds. The van der Waals surface area contributed by atoms with E-state index in [4.69, 9.17) is 0 Å². The summed E-state index contributed by atoms with van der Waals surface area (Å²) in [5.74, 6) is 1.36. The second kappa shape index (κ2) is 11.1. The topological polar surface area (TPSA) is 20.2 Å². The molecule has 1 nitrogen and oxygen atoms in total. The van der Waals surface area contributed by atoms with Crippen LogP contribution in [0, 0.1) is 11.8 Å². The average molecular weight is 242 g/mol. The van der Waals surface area contributed by atoms with Crippen molar-refractivity contribution in [1.82, 2.24) is 0 Å². The molecule has 1 N–H and O–H groups in total. The maximum atomic E-state index is 9.86. The fourth-order valence-corrected chi connectivity index (χ4v) is 2.45. The Morgan fingerprint density at radius 3 is 2.00 bits per heavy atom. The summed E-state index contributed by atoms with van der Waals surface area (Å²) in [6.07, 6.45) is 11.3. The van der Waals surface area contributed by atoms with Crippen molar-refractivity contribution in [3.63, 3.8) is 0 Å². The molecule has 0 aliphatic heterocycles. The highest BCUT2D eigenvalue weighted by Crippen LogP contribution is 2.20. The maximum absolute atomic E-state index is 9.86. The number of hydrogen-bond donors (Lipinski definition) is 1. The third-order valence-corrected chi connectivity index (χ3v) is 3.90. The van der Waals surface area contributed by atoms with Gasteiger partial charge in [0.15, 0.2) is 0 Å². The van der Waals surface area contributed by atoms with Crippen molar-refractivity contribution >= 4 is 0 Å². The standard InChI is InChI=1S/C16H34O/c1-5-7-8-11-14(3)12-9-13-15(4)16(17)10-6-2/h14-17H,5-13H2,1-4H3. The summed E-state index contributed by atoms with van der Waals surface area (Å²) in [4.78, 5) is 0. The van der Waals surface area contributed by atoms with Crippen LogP contribution in [-0.2, 0) is 0 Å². The van der Waals surface area contributed by atoms with Crippen molar-refractivity contribution in [2.24, 2.45) is 11.8 Å². The van der Waals surface area contributed by atoms with Crippen molar-refractivity contribution < 1.29 is 5.11 Å². The third kappa shape index (κ3) is 9.64. The molecule has 17 heavy (non-hydrogen) atoms. The molecule has 0 saturated carbocycles. The first kappa shape index (κ1) is 17.0. The Bertz CT molecular complexity index is 156. The Hall–Kier alpha value is -0.0400. The molecule has 0 aromatic heterocycles. The van der Waals surface area contributed by atoms with Gasteiger partial charge < -0.3 is 5.11 Å². The summed E-state index contributed by atoms with van der Waals surface area (Å²) < 4.78 is 0. The summed E-state index contributed by atoms with van der Waals surface area (Å²) in [6, 6.07) is 0. The van der Waals surface area contributed by atoms with Crippen LogP contribution in [0.2, 0.25) is 0 Å². The van der Waals surface area contributed by atoms with E-state index in [-0.39, 0.29) is 6.10 Å². The minimum absolute atomic E-state index is 0.0737. The second-order valence-electron chi connectivity index (χ2n) is 5.87. The summed E-state index contributed by atoms with van der Waals surface area (Å²) in [5.41, 5.74) is 0. The molecule has 0 spiro atoms. The predicted octanol–water partition coefficient (Wildman–Crippen LogP) is 5.17. The van der Waals surface area contributed by atoms with E-state index >= 15 is 0 Å². The lowest BCUT2D eigenvalue weighted by Crippen LogP contribution is -2.17. The molecule has 0 saturated heterocycles. The van der Waals surface area contributed by atoms with Gasteiger partial charge in [-0.25, -0.2) is 0 Å². The zero-order valence-corrected chi connectivity index (χ0v) is 12.5. The molecular formula is C16H34O. The predicted molar refractivity (Wildman–Crippen MR) is 77.2 cm³/mol. The molecule has 0 radical (unpaired) electrons. The van der Waals surface area contributed by atoms with E-state index in [9.17, 15) is 5.11 Å². The molecule has 0 fully saturated rings. The van der Waals surface area contributed by atoms with Crippen LogP contribution >= 0.6 is 0 Å². The van der Waals surface area contributed by atoms with Gasteiger partial charge in [0, 0.05) is 0 Å². The lowest BCUT2D eigenvalue weighted by atomic mass is 9.91. The Balaban J connectivity index is 3.47. The fourth-order valence-electron chi connectivity index (χ4n) is 2.45. The third-order valence-electron chi connectivity index (χ3n) is 3.90. The number of hydrogen-bond acceptors (Lipinski definition) is 1. The van der Waals surface area contributed by atoms with E-state index in [1.807, 2.05) is 0 Å². The van der Waals surface area contributed by atoms with Crippen molar-refractivity contribution in [2.45, 2.75) is 91.6 Å². The van der Waals surface area contributed by atoms with Crippen LogP contribution in [0.25, 0.3) is 0 Å². The van der Waals surface area contributed by atoms with Crippen molar-refractivity contribution in [3.8, 4) is 0 Å². The Morgan fingerprint density at radius 2 is 1.41 bits per heavy atom.